The van der Waals surface area contributed by atoms with Gasteiger partial charge in [0.25, 0.3) is 5.91 Å². The van der Waals surface area contributed by atoms with E-state index in [1.165, 1.54) is 0 Å². The van der Waals surface area contributed by atoms with Crippen LogP contribution in [0.1, 0.15) is 15.9 Å². The number of hydrogen-bond donors (Lipinski definition) is 2. The highest BCUT2D eigenvalue weighted by molar-refractivity contribution is 5.96. The van der Waals surface area contributed by atoms with Gasteiger partial charge in [0.1, 0.15) is 12.4 Å². The molecule has 80 valence electrons. The SMILES string of the molecule is NCCOc1ccc2c(c1)CCNC2=O. The maximum Gasteiger partial charge on any atom is 0.251 e. The second kappa shape index (κ2) is 4.31. The number of nitrogens with one attached hydrogen (secondary N) is 1. The number of fused-ring (bicyclic) bond motifs is 1. The third kappa shape index (κ3) is 2.10. The molecule has 4 nitrogen and oxygen atoms in total. The third-order valence-electron chi connectivity index (χ3n) is 2.39. The summed E-state index contributed by atoms with van der Waals surface area (Å²) in [6.07, 6.45) is 0.862. The lowest BCUT2D eigenvalue weighted by molar-refractivity contribution is 0.0946. The average molecular weight is 206 g/mol. The van der Waals surface area contributed by atoms with Crippen LogP contribution in [-0.2, 0) is 6.42 Å². The maximum atomic E-state index is 11.4. The van der Waals surface area contributed by atoms with Crippen molar-refractivity contribution in [3.63, 3.8) is 0 Å². The Bertz CT molecular complexity index is 377. The van der Waals surface area contributed by atoms with Gasteiger partial charge < -0.3 is 15.8 Å². The molecule has 0 saturated carbocycles. The molecule has 1 aromatic rings. The molecule has 1 aliphatic heterocycles. The van der Waals surface area contributed by atoms with Gasteiger partial charge in [-0.3, -0.25) is 4.79 Å². The molecule has 2 rings (SSSR count). The van der Waals surface area contributed by atoms with Gasteiger partial charge in [-0.25, -0.2) is 0 Å². The first-order valence-corrected chi connectivity index (χ1v) is 5.05. The monoisotopic (exact) mass is 206 g/mol. The number of rotatable bonds is 3. The minimum atomic E-state index is 0.00150. The molecule has 0 unspecified atom stereocenters. The molecule has 1 heterocycles. The zero-order valence-electron chi connectivity index (χ0n) is 8.45. The van der Waals surface area contributed by atoms with Crippen molar-refractivity contribution in [3.8, 4) is 5.75 Å². The normalized spacial score (nSPS) is 14.3. The summed E-state index contributed by atoms with van der Waals surface area (Å²) in [4.78, 5) is 11.4. The van der Waals surface area contributed by atoms with E-state index in [2.05, 4.69) is 5.32 Å². The Morgan fingerprint density at radius 2 is 2.33 bits per heavy atom. The molecule has 0 bridgehead atoms. The smallest absolute Gasteiger partial charge is 0.251 e. The van der Waals surface area contributed by atoms with Gasteiger partial charge >= 0.3 is 0 Å². The van der Waals surface area contributed by atoms with Crippen molar-refractivity contribution in [2.24, 2.45) is 5.73 Å². The number of amides is 1. The van der Waals surface area contributed by atoms with Gasteiger partial charge in [0, 0.05) is 18.7 Å². The van der Waals surface area contributed by atoms with Gasteiger partial charge in [0.05, 0.1) is 0 Å². The molecule has 0 radical (unpaired) electrons. The number of hydrogen-bond acceptors (Lipinski definition) is 3. The summed E-state index contributed by atoms with van der Waals surface area (Å²) in [5.41, 5.74) is 7.15. The van der Waals surface area contributed by atoms with Crippen LogP contribution in [0.2, 0.25) is 0 Å². The second-order valence-corrected chi connectivity index (χ2v) is 3.46. The van der Waals surface area contributed by atoms with Crippen LogP contribution >= 0.6 is 0 Å². The predicted octanol–water partition coefficient (Wildman–Crippen LogP) is 0.310. The molecule has 0 saturated heterocycles. The van der Waals surface area contributed by atoms with E-state index in [1.54, 1.807) is 12.1 Å². The van der Waals surface area contributed by atoms with Crippen LogP contribution in [0.25, 0.3) is 0 Å². The number of carbonyl (C=O) groups is 1. The van der Waals surface area contributed by atoms with Crippen molar-refractivity contribution in [1.29, 1.82) is 0 Å². The number of ether oxygens (including phenoxy) is 1. The molecule has 1 amide bonds. The van der Waals surface area contributed by atoms with Crippen LogP contribution in [0.5, 0.6) is 5.75 Å². The van der Waals surface area contributed by atoms with Crippen LogP contribution < -0.4 is 15.8 Å². The predicted molar refractivity (Wildman–Crippen MR) is 57.0 cm³/mol. The first kappa shape index (κ1) is 9.98. The van der Waals surface area contributed by atoms with Crippen molar-refractivity contribution < 1.29 is 9.53 Å². The fourth-order valence-corrected chi connectivity index (χ4v) is 1.67. The topological polar surface area (TPSA) is 64.3 Å². The summed E-state index contributed by atoms with van der Waals surface area (Å²) in [5, 5.41) is 2.80. The number of benzene rings is 1. The number of nitrogens with two attached hydrogens (primary N) is 1. The van der Waals surface area contributed by atoms with Gasteiger partial charge in [0.2, 0.25) is 0 Å². The zero-order valence-corrected chi connectivity index (χ0v) is 8.45. The van der Waals surface area contributed by atoms with Gasteiger partial charge in [-0.05, 0) is 30.2 Å². The fraction of sp³-hybridized carbons (Fsp3) is 0.364. The Morgan fingerprint density at radius 3 is 3.13 bits per heavy atom. The molecule has 1 aliphatic rings. The van der Waals surface area contributed by atoms with Crippen molar-refractivity contribution in [2.45, 2.75) is 6.42 Å². The van der Waals surface area contributed by atoms with E-state index in [0.29, 0.717) is 19.7 Å². The molecule has 3 N–H and O–H groups in total. The number of carbonyl (C=O) groups excluding carboxylic acids is 1. The summed E-state index contributed by atoms with van der Waals surface area (Å²) < 4.78 is 5.40. The van der Waals surface area contributed by atoms with Crippen molar-refractivity contribution in [3.05, 3.63) is 29.3 Å². The zero-order chi connectivity index (χ0) is 10.7. The summed E-state index contributed by atoms with van der Waals surface area (Å²) in [7, 11) is 0. The quantitative estimate of drug-likeness (QED) is 0.748. The highest BCUT2D eigenvalue weighted by atomic mass is 16.5. The summed E-state index contributed by atoms with van der Waals surface area (Å²) in [5.74, 6) is 0.788. The minimum absolute atomic E-state index is 0.00150. The second-order valence-electron chi connectivity index (χ2n) is 3.46. The highest BCUT2D eigenvalue weighted by Crippen LogP contribution is 2.20. The summed E-state index contributed by atoms with van der Waals surface area (Å²) in [6.45, 7) is 1.70. The Morgan fingerprint density at radius 1 is 1.47 bits per heavy atom. The van der Waals surface area contributed by atoms with Crippen LogP contribution in [0.4, 0.5) is 0 Å². The first-order chi connectivity index (χ1) is 7.31. The van der Waals surface area contributed by atoms with E-state index in [9.17, 15) is 4.79 Å². The standard InChI is InChI=1S/C11H14N2O2/c12-4-6-15-9-1-2-10-8(7-9)3-5-13-11(10)14/h1-2,7H,3-6,12H2,(H,13,14). The van der Waals surface area contributed by atoms with Crippen LogP contribution in [-0.4, -0.2) is 25.6 Å². The van der Waals surface area contributed by atoms with Crippen molar-refractivity contribution in [1.82, 2.24) is 5.32 Å². The van der Waals surface area contributed by atoms with Gasteiger partial charge in [-0.1, -0.05) is 0 Å². The Kier molecular flexibility index (Phi) is 2.87. The van der Waals surface area contributed by atoms with Crippen LogP contribution in [0.3, 0.4) is 0 Å². The molecular weight excluding hydrogens is 192 g/mol. The van der Waals surface area contributed by atoms with E-state index in [1.807, 2.05) is 6.07 Å². The molecule has 0 spiro atoms. The molecular formula is C11H14N2O2. The lowest BCUT2D eigenvalue weighted by Gasteiger charge is -2.17. The van der Waals surface area contributed by atoms with E-state index in [4.69, 9.17) is 10.5 Å². The minimum Gasteiger partial charge on any atom is -0.492 e. The summed E-state index contributed by atoms with van der Waals surface area (Å²) in [6, 6.07) is 5.53. The van der Waals surface area contributed by atoms with Crippen LogP contribution in [0, 0.1) is 0 Å². The molecule has 0 fully saturated rings. The molecule has 0 aliphatic carbocycles. The first-order valence-electron chi connectivity index (χ1n) is 5.05. The van der Waals surface area contributed by atoms with E-state index < -0.39 is 0 Å². The highest BCUT2D eigenvalue weighted by Gasteiger charge is 2.16. The van der Waals surface area contributed by atoms with Crippen molar-refractivity contribution >= 4 is 5.91 Å². The van der Waals surface area contributed by atoms with Gasteiger partial charge in [0.15, 0.2) is 0 Å². The van der Waals surface area contributed by atoms with E-state index >= 15 is 0 Å². The van der Waals surface area contributed by atoms with Crippen molar-refractivity contribution in [2.75, 3.05) is 19.7 Å². The molecule has 0 aromatic heterocycles. The van der Waals surface area contributed by atoms with Crippen LogP contribution in [0.15, 0.2) is 18.2 Å². The maximum absolute atomic E-state index is 11.4. The largest absolute Gasteiger partial charge is 0.492 e. The lowest BCUT2D eigenvalue weighted by atomic mass is 10.0. The average Bonchev–Trinajstić information content (AvgIpc) is 2.26. The Hall–Kier alpha value is -1.55. The molecule has 0 atom stereocenters. The van der Waals surface area contributed by atoms with Gasteiger partial charge in [-0.2, -0.15) is 0 Å². The van der Waals surface area contributed by atoms with E-state index in [0.717, 1.165) is 23.3 Å². The molecule has 4 heteroatoms. The third-order valence-corrected chi connectivity index (χ3v) is 2.39. The summed E-state index contributed by atoms with van der Waals surface area (Å²) >= 11 is 0. The van der Waals surface area contributed by atoms with E-state index in [-0.39, 0.29) is 5.91 Å². The van der Waals surface area contributed by atoms with Gasteiger partial charge in [-0.15, -0.1) is 0 Å². The fourth-order valence-electron chi connectivity index (χ4n) is 1.67. The lowest BCUT2D eigenvalue weighted by Crippen LogP contribution is -2.31. The Labute approximate surface area is 88.4 Å². The Balaban J connectivity index is 2.21. The molecule has 15 heavy (non-hydrogen) atoms. The molecule has 1 aromatic carbocycles.